The molecule has 0 aliphatic rings. The quantitative estimate of drug-likeness (QED) is 0.409. The third-order valence-corrected chi connectivity index (χ3v) is 4.73. The molecule has 0 bridgehead atoms. The first kappa shape index (κ1) is 20.2. The summed E-state index contributed by atoms with van der Waals surface area (Å²) in [4.78, 5) is 11.7. The smallest absolute Gasteiger partial charge is 0.341 e. The van der Waals surface area contributed by atoms with Crippen molar-refractivity contribution in [3.05, 3.63) is 101 Å². The van der Waals surface area contributed by atoms with E-state index in [4.69, 9.17) is 14.0 Å². The first-order valence-electron chi connectivity index (χ1n) is 9.78. The van der Waals surface area contributed by atoms with Gasteiger partial charge in [-0.3, -0.25) is 0 Å². The SMILES string of the molecule is Cc1onc(-c2cc(OCc3ccccc3)cc(OCc3ccccc3)c2)c1C(=O)O. The van der Waals surface area contributed by atoms with Crippen molar-refractivity contribution in [1.82, 2.24) is 5.16 Å². The van der Waals surface area contributed by atoms with E-state index in [2.05, 4.69) is 5.16 Å². The van der Waals surface area contributed by atoms with Gasteiger partial charge in [-0.05, 0) is 30.2 Å². The van der Waals surface area contributed by atoms with E-state index in [9.17, 15) is 9.90 Å². The molecule has 0 aliphatic heterocycles. The standard InChI is InChI=1S/C25H21NO5/c1-17-23(25(27)28)24(26-31-17)20-12-21(29-15-18-8-4-2-5-9-18)14-22(13-20)30-16-19-10-6-3-7-11-19/h2-14H,15-16H2,1H3,(H,27,28). The highest BCUT2D eigenvalue weighted by atomic mass is 16.5. The van der Waals surface area contributed by atoms with Gasteiger partial charge < -0.3 is 19.1 Å². The second-order valence-electron chi connectivity index (χ2n) is 7.01. The van der Waals surface area contributed by atoms with Crippen molar-refractivity contribution < 1.29 is 23.9 Å². The molecule has 0 saturated carbocycles. The number of carboxylic acids is 1. The highest BCUT2D eigenvalue weighted by Crippen LogP contribution is 2.33. The Hall–Kier alpha value is -4.06. The van der Waals surface area contributed by atoms with Crippen LogP contribution in [0, 0.1) is 6.92 Å². The molecule has 0 radical (unpaired) electrons. The van der Waals surface area contributed by atoms with Crippen LogP contribution in [0.15, 0.2) is 83.4 Å². The van der Waals surface area contributed by atoms with Gasteiger partial charge in [0.25, 0.3) is 0 Å². The fraction of sp³-hybridized carbons (Fsp3) is 0.120. The molecule has 0 aliphatic carbocycles. The lowest BCUT2D eigenvalue weighted by atomic mass is 10.1. The number of rotatable bonds is 8. The van der Waals surface area contributed by atoms with E-state index >= 15 is 0 Å². The second-order valence-corrected chi connectivity index (χ2v) is 7.01. The fourth-order valence-electron chi connectivity index (χ4n) is 3.18. The topological polar surface area (TPSA) is 81.8 Å². The van der Waals surface area contributed by atoms with Crippen molar-refractivity contribution in [3.63, 3.8) is 0 Å². The van der Waals surface area contributed by atoms with Crippen LogP contribution in [-0.4, -0.2) is 16.2 Å². The predicted octanol–water partition coefficient (Wildman–Crippen LogP) is 5.51. The monoisotopic (exact) mass is 415 g/mol. The van der Waals surface area contributed by atoms with Crippen molar-refractivity contribution >= 4 is 5.97 Å². The van der Waals surface area contributed by atoms with Gasteiger partial charge in [0.05, 0.1) is 0 Å². The highest BCUT2D eigenvalue weighted by molar-refractivity contribution is 5.95. The van der Waals surface area contributed by atoms with Crippen molar-refractivity contribution in [2.75, 3.05) is 0 Å². The van der Waals surface area contributed by atoms with Crippen molar-refractivity contribution in [2.24, 2.45) is 0 Å². The molecule has 0 saturated heterocycles. The summed E-state index contributed by atoms with van der Waals surface area (Å²) >= 11 is 0. The van der Waals surface area contributed by atoms with E-state index in [1.165, 1.54) is 0 Å². The summed E-state index contributed by atoms with van der Waals surface area (Å²) in [5.74, 6) is 0.226. The third kappa shape index (κ3) is 4.93. The minimum absolute atomic E-state index is 0.0224. The van der Waals surface area contributed by atoms with E-state index in [1.54, 1.807) is 25.1 Å². The summed E-state index contributed by atoms with van der Waals surface area (Å²) in [6.07, 6.45) is 0. The molecule has 1 heterocycles. The maximum absolute atomic E-state index is 11.7. The molecule has 4 aromatic rings. The van der Waals surface area contributed by atoms with Crippen LogP contribution in [0.5, 0.6) is 11.5 Å². The molecule has 0 amide bonds. The Morgan fingerprint density at radius 1 is 0.871 bits per heavy atom. The zero-order valence-corrected chi connectivity index (χ0v) is 16.9. The molecule has 1 aromatic heterocycles. The minimum atomic E-state index is -1.10. The van der Waals surface area contributed by atoms with Gasteiger partial charge in [-0.1, -0.05) is 65.8 Å². The van der Waals surface area contributed by atoms with Crippen LogP contribution in [0.1, 0.15) is 27.2 Å². The van der Waals surface area contributed by atoms with Crippen LogP contribution in [-0.2, 0) is 13.2 Å². The van der Waals surface area contributed by atoms with Crippen LogP contribution in [0.4, 0.5) is 0 Å². The van der Waals surface area contributed by atoms with Gasteiger partial charge in [0.1, 0.15) is 41.7 Å². The number of nitrogens with zero attached hydrogens (tertiary/aromatic N) is 1. The third-order valence-electron chi connectivity index (χ3n) is 4.73. The fourth-order valence-corrected chi connectivity index (χ4v) is 3.18. The van der Waals surface area contributed by atoms with E-state index in [0.29, 0.717) is 30.3 Å². The number of carbonyl (C=O) groups is 1. The number of carboxylic acid groups (broad SMARTS) is 1. The highest BCUT2D eigenvalue weighted by Gasteiger charge is 2.22. The molecule has 0 spiro atoms. The Bertz CT molecular complexity index is 1110. The van der Waals surface area contributed by atoms with Crippen LogP contribution in [0.2, 0.25) is 0 Å². The Kier molecular flexibility index (Phi) is 5.98. The molecular weight excluding hydrogens is 394 g/mol. The Morgan fingerprint density at radius 2 is 1.39 bits per heavy atom. The lowest BCUT2D eigenvalue weighted by molar-refractivity contribution is 0.0695. The molecule has 6 heteroatoms. The molecule has 31 heavy (non-hydrogen) atoms. The molecule has 4 rings (SSSR count). The summed E-state index contributed by atoms with van der Waals surface area (Å²) in [6, 6.07) is 24.8. The summed E-state index contributed by atoms with van der Waals surface area (Å²) in [6.45, 7) is 2.31. The Morgan fingerprint density at radius 3 is 1.87 bits per heavy atom. The van der Waals surface area contributed by atoms with Crippen molar-refractivity contribution in [3.8, 4) is 22.8 Å². The van der Waals surface area contributed by atoms with E-state index in [1.807, 2.05) is 60.7 Å². The first-order chi connectivity index (χ1) is 15.1. The zero-order valence-electron chi connectivity index (χ0n) is 16.9. The largest absolute Gasteiger partial charge is 0.489 e. The Balaban J connectivity index is 1.65. The number of aryl methyl sites for hydroxylation is 1. The second kappa shape index (κ2) is 9.17. The lowest BCUT2D eigenvalue weighted by Crippen LogP contribution is -2.01. The van der Waals surface area contributed by atoms with Gasteiger partial charge in [0.2, 0.25) is 0 Å². The van der Waals surface area contributed by atoms with Crippen LogP contribution >= 0.6 is 0 Å². The Labute approximate surface area is 179 Å². The van der Waals surface area contributed by atoms with Gasteiger partial charge in [0.15, 0.2) is 0 Å². The number of hydrogen-bond donors (Lipinski definition) is 1. The number of aromatic carboxylic acids is 1. The van der Waals surface area contributed by atoms with E-state index < -0.39 is 5.97 Å². The van der Waals surface area contributed by atoms with Gasteiger partial charge in [0, 0.05) is 11.6 Å². The summed E-state index contributed by atoms with van der Waals surface area (Å²) in [5, 5.41) is 13.5. The number of aromatic nitrogens is 1. The molecule has 156 valence electrons. The molecule has 0 atom stereocenters. The molecular formula is C25H21NO5. The lowest BCUT2D eigenvalue weighted by Gasteiger charge is -2.12. The summed E-state index contributed by atoms with van der Waals surface area (Å²) in [5.41, 5.74) is 2.84. The van der Waals surface area contributed by atoms with Gasteiger partial charge in [-0.25, -0.2) is 4.79 Å². The summed E-state index contributed by atoms with van der Waals surface area (Å²) in [7, 11) is 0. The average molecular weight is 415 g/mol. The predicted molar refractivity (Wildman–Crippen MR) is 115 cm³/mol. The van der Waals surface area contributed by atoms with Crippen LogP contribution in [0.25, 0.3) is 11.3 Å². The maximum Gasteiger partial charge on any atom is 0.341 e. The van der Waals surface area contributed by atoms with Gasteiger partial charge in [-0.15, -0.1) is 0 Å². The molecule has 1 N–H and O–H groups in total. The van der Waals surface area contributed by atoms with Crippen LogP contribution in [0.3, 0.4) is 0 Å². The first-order valence-corrected chi connectivity index (χ1v) is 9.78. The minimum Gasteiger partial charge on any atom is -0.489 e. The molecule has 0 unspecified atom stereocenters. The molecule has 6 nitrogen and oxygen atoms in total. The van der Waals surface area contributed by atoms with E-state index in [-0.39, 0.29) is 17.0 Å². The van der Waals surface area contributed by atoms with Gasteiger partial charge >= 0.3 is 5.97 Å². The number of benzene rings is 3. The average Bonchev–Trinajstić information content (AvgIpc) is 3.19. The van der Waals surface area contributed by atoms with Crippen molar-refractivity contribution in [1.29, 1.82) is 0 Å². The molecule has 0 fully saturated rings. The zero-order chi connectivity index (χ0) is 21.6. The van der Waals surface area contributed by atoms with Gasteiger partial charge in [-0.2, -0.15) is 0 Å². The normalized spacial score (nSPS) is 10.6. The maximum atomic E-state index is 11.7. The van der Waals surface area contributed by atoms with Crippen LogP contribution < -0.4 is 9.47 Å². The number of ether oxygens (including phenoxy) is 2. The number of hydrogen-bond acceptors (Lipinski definition) is 5. The van der Waals surface area contributed by atoms with E-state index in [0.717, 1.165) is 11.1 Å². The van der Waals surface area contributed by atoms with Crippen molar-refractivity contribution in [2.45, 2.75) is 20.1 Å². The summed E-state index contributed by atoms with van der Waals surface area (Å²) < 4.78 is 17.1. The molecule has 3 aromatic carbocycles.